The van der Waals surface area contributed by atoms with Gasteiger partial charge in [0.05, 0.1) is 12.2 Å². The van der Waals surface area contributed by atoms with E-state index in [-0.39, 0.29) is 12.4 Å². The van der Waals surface area contributed by atoms with Crippen molar-refractivity contribution in [1.29, 1.82) is 0 Å². The number of benzene rings is 1. The van der Waals surface area contributed by atoms with E-state index >= 15 is 0 Å². The first kappa shape index (κ1) is 12.7. The van der Waals surface area contributed by atoms with E-state index in [0.717, 1.165) is 0 Å². The van der Waals surface area contributed by atoms with Crippen molar-refractivity contribution in [3.63, 3.8) is 0 Å². The van der Waals surface area contributed by atoms with E-state index in [1.807, 2.05) is 0 Å². The number of rotatable bonds is 5. The number of Topliss-reactive ketones (excluding diaryl/α,β-unsaturated/α-hetero) is 1. The van der Waals surface area contributed by atoms with Crippen LogP contribution in [0, 0.1) is 0 Å². The van der Waals surface area contributed by atoms with Crippen LogP contribution in [0.1, 0.15) is 30.1 Å². The predicted molar refractivity (Wildman–Crippen MR) is 61.6 cm³/mol. The normalized spacial score (nSPS) is 9.88. The largest absolute Gasteiger partial charge is 0.462 e. The number of ketones is 1. The minimum atomic E-state index is -0.411. The van der Waals surface area contributed by atoms with Gasteiger partial charge in [-0.25, -0.2) is 4.79 Å². The van der Waals surface area contributed by atoms with Crippen molar-refractivity contribution < 1.29 is 14.3 Å². The molecule has 0 bridgehead atoms. The summed E-state index contributed by atoms with van der Waals surface area (Å²) < 4.78 is 4.98. The maximum Gasteiger partial charge on any atom is 0.338 e. The smallest absolute Gasteiger partial charge is 0.338 e. The van der Waals surface area contributed by atoms with Gasteiger partial charge in [0.2, 0.25) is 0 Å². The number of carbonyl (C=O) groups is 2. The highest BCUT2D eigenvalue weighted by atomic mass is 35.5. The van der Waals surface area contributed by atoms with Crippen molar-refractivity contribution in [1.82, 2.24) is 0 Å². The summed E-state index contributed by atoms with van der Waals surface area (Å²) >= 11 is 5.74. The molecule has 0 fully saturated rings. The molecule has 0 heterocycles. The number of halogens is 1. The van der Waals surface area contributed by atoms with Crippen LogP contribution >= 0.6 is 11.6 Å². The fourth-order valence-electron chi connectivity index (χ4n) is 1.18. The first-order valence-corrected chi connectivity index (χ1v) is 5.39. The molecule has 1 aromatic rings. The van der Waals surface area contributed by atoms with Gasteiger partial charge in [0.15, 0.2) is 0 Å². The lowest BCUT2D eigenvalue weighted by molar-refractivity contribution is -0.117. The van der Waals surface area contributed by atoms with Gasteiger partial charge in [-0.3, -0.25) is 0 Å². The Bertz CT molecular complexity index is 388. The SMILES string of the molecule is CC(=O)CCCOC(=O)c1cccc(Cl)c1. The molecule has 0 aliphatic heterocycles. The molecule has 0 aliphatic rings. The molecular formula is C12H13ClO3. The van der Waals surface area contributed by atoms with E-state index in [1.54, 1.807) is 24.3 Å². The second kappa shape index (κ2) is 6.28. The Balaban J connectivity index is 2.38. The second-order valence-electron chi connectivity index (χ2n) is 3.45. The Morgan fingerprint density at radius 1 is 1.38 bits per heavy atom. The number of ether oxygens (including phenoxy) is 1. The molecule has 4 heteroatoms. The molecule has 0 aromatic heterocycles. The summed E-state index contributed by atoms with van der Waals surface area (Å²) in [6.07, 6.45) is 0.991. The standard InChI is InChI=1S/C12H13ClO3/c1-9(14)4-3-7-16-12(15)10-5-2-6-11(13)8-10/h2,5-6,8H,3-4,7H2,1H3. The number of hydrogen-bond acceptors (Lipinski definition) is 3. The molecule has 16 heavy (non-hydrogen) atoms. The van der Waals surface area contributed by atoms with Gasteiger partial charge in [0.1, 0.15) is 5.78 Å². The van der Waals surface area contributed by atoms with E-state index in [1.165, 1.54) is 6.92 Å². The van der Waals surface area contributed by atoms with E-state index in [9.17, 15) is 9.59 Å². The molecule has 0 saturated carbocycles. The Labute approximate surface area is 99.4 Å². The van der Waals surface area contributed by atoms with Gasteiger partial charge in [-0.15, -0.1) is 0 Å². The fourth-order valence-corrected chi connectivity index (χ4v) is 1.38. The molecule has 3 nitrogen and oxygen atoms in total. The zero-order valence-electron chi connectivity index (χ0n) is 9.03. The molecule has 0 N–H and O–H groups in total. The third kappa shape index (κ3) is 4.45. The molecule has 0 spiro atoms. The Morgan fingerprint density at radius 2 is 2.12 bits per heavy atom. The van der Waals surface area contributed by atoms with Crippen LogP contribution in [-0.2, 0) is 9.53 Å². The van der Waals surface area contributed by atoms with Gasteiger partial charge in [-0.05, 0) is 31.5 Å². The summed E-state index contributed by atoms with van der Waals surface area (Å²) in [4.78, 5) is 22.1. The third-order valence-corrected chi connectivity index (χ3v) is 2.20. The molecule has 0 radical (unpaired) electrons. The van der Waals surface area contributed by atoms with Crippen molar-refractivity contribution in [2.45, 2.75) is 19.8 Å². The van der Waals surface area contributed by atoms with Crippen molar-refractivity contribution in [2.75, 3.05) is 6.61 Å². The summed E-state index contributed by atoms with van der Waals surface area (Å²) in [7, 11) is 0. The van der Waals surface area contributed by atoms with Gasteiger partial charge in [0, 0.05) is 11.4 Å². The fraction of sp³-hybridized carbons (Fsp3) is 0.333. The van der Waals surface area contributed by atoms with Gasteiger partial charge >= 0.3 is 5.97 Å². The molecule has 0 amide bonds. The van der Waals surface area contributed by atoms with E-state index in [0.29, 0.717) is 23.4 Å². The zero-order valence-corrected chi connectivity index (χ0v) is 9.79. The average Bonchev–Trinajstić information content (AvgIpc) is 2.24. The summed E-state index contributed by atoms with van der Waals surface area (Å²) in [5.74, 6) is -0.315. The molecule has 0 saturated heterocycles. The zero-order chi connectivity index (χ0) is 12.0. The van der Waals surface area contributed by atoms with E-state index in [4.69, 9.17) is 16.3 Å². The summed E-state index contributed by atoms with van der Waals surface area (Å²) in [5.41, 5.74) is 0.426. The van der Waals surface area contributed by atoms with Crippen LogP contribution in [0.15, 0.2) is 24.3 Å². The van der Waals surface area contributed by atoms with Crippen LogP contribution in [0.4, 0.5) is 0 Å². The lowest BCUT2D eigenvalue weighted by Crippen LogP contribution is -2.07. The van der Waals surface area contributed by atoms with Crippen LogP contribution in [0.3, 0.4) is 0 Å². The first-order chi connectivity index (χ1) is 7.59. The minimum absolute atomic E-state index is 0.0961. The third-order valence-electron chi connectivity index (χ3n) is 1.97. The number of esters is 1. The molecule has 1 rings (SSSR count). The van der Waals surface area contributed by atoms with Gasteiger partial charge in [-0.2, -0.15) is 0 Å². The van der Waals surface area contributed by atoms with Crippen LogP contribution in [-0.4, -0.2) is 18.4 Å². The molecule has 1 aromatic carbocycles. The minimum Gasteiger partial charge on any atom is -0.462 e. The molecule has 0 atom stereocenters. The van der Waals surface area contributed by atoms with Crippen molar-refractivity contribution in [2.24, 2.45) is 0 Å². The van der Waals surface area contributed by atoms with Gasteiger partial charge in [0.25, 0.3) is 0 Å². The summed E-state index contributed by atoms with van der Waals surface area (Å²) in [6, 6.07) is 6.57. The monoisotopic (exact) mass is 240 g/mol. The van der Waals surface area contributed by atoms with Crippen molar-refractivity contribution >= 4 is 23.4 Å². The quantitative estimate of drug-likeness (QED) is 0.587. The Kier molecular flexibility index (Phi) is 4.99. The van der Waals surface area contributed by atoms with E-state index in [2.05, 4.69) is 0 Å². The van der Waals surface area contributed by atoms with Crippen LogP contribution in [0.2, 0.25) is 5.02 Å². The van der Waals surface area contributed by atoms with E-state index < -0.39 is 5.97 Å². The number of hydrogen-bond donors (Lipinski definition) is 0. The predicted octanol–water partition coefficient (Wildman–Crippen LogP) is 2.87. The van der Waals surface area contributed by atoms with Crippen LogP contribution < -0.4 is 0 Å². The molecule has 0 unspecified atom stereocenters. The number of carbonyl (C=O) groups excluding carboxylic acids is 2. The van der Waals surface area contributed by atoms with Gasteiger partial charge < -0.3 is 9.53 Å². The highest BCUT2D eigenvalue weighted by Gasteiger charge is 2.06. The Morgan fingerprint density at radius 3 is 2.75 bits per heavy atom. The first-order valence-electron chi connectivity index (χ1n) is 5.01. The highest BCUT2D eigenvalue weighted by Crippen LogP contribution is 2.11. The summed E-state index contributed by atoms with van der Waals surface area (Å²) in [5, 5.41) is 0.498. The topological polar surface area (TPSA) is 43.4 Å². The maximum absolute atomic E-state index is 11.5. The van der Waals surface area contributed by atoms with Gasteiger partial charge in [-0.1, -0.05) is 17.7 Å². The average molecular weight is 241 g/mol. The Hall–Kier alpha value is -1.35. The lowest BCUT2D eigenvalue weighted by atomic mass is 10.2. The maximum atomic E-state index is 11.5. The second-order valence-corrected chi connectivity index (χ2v) is 3.89. The summed E-state index contributed by atoms with van der Waals surface area (Å²) in [6.45, 7) is 1.77. The highest BCUT2D eigenvalue weighted by molar-refractivity contribution is 6.30. The van der Waals surface area contributed by atoms with Crippen LogP contribution in [0.5, 0.6) is 0 Å². The molecule has 0 aliphatic carbocycles. The van der Waals surface area contributed by atoms with Crippen molar-refractivity contribution in [3.05, 3.63) is 34.9 Å². The molecule has 86 valence electrons. The van der Waals surface area contributed by atoms with Crippen LogP contribution in [0.25, 0.3) is 0 Å². The lowest BCUT2D eigenvalue weighted by Gasteiger charge is -2.03. The van der Waals surface area contributed by atoms with Crippen molar-refractivity contribution in [3.8, 4) is 0 Å². The molecular weight excluding hydrogens is 228 g/mol.